The van der Waals surface area contributed by atoms with E-state index in [0.29, 0.717) is 6.42 Å². The zero-order valence-corrected chi connectivity index (χ0v) is 12.7. The van der Waals surface area contributed by atoms with E-state index in [2.05, 4.69) is 4.90 Å². The first-order valence-electron chi connectivity index (χ1n) is 7.98. The first-order chi connectivity index (χ1) is 9.65. The van der Waals surface area contributed by atoms with Crippen molar-refractivity contribution in [3.05, 3.63) is 0 Å². The van der Waals surface area contributed by atoms with Crippen LogP contribution in [0.5, 0.6) is 0 Å². The summed E-state index contributed by atoms with van der Waals surface area (Å²) >= 11 is 0. The Morgan fingerprint density at radius 2 is 1.90 bits per heavy atom. The van der Waals surface area contributed by atoms with Crippen molar-refractivity contribution in [2.24, 2.45) is 11.7 Å². The van der Waals surface area contributed by atoms with Crippen LogP contribution in [0, 0.1) is 5.92 Å². The molecule has 0 bridgehead atoms. The van der Waals surface area contributed by atoms with Gasteiger partial charge in [-0.1, -0.05) is 0 Å². The number of nitrogens with zero attached hydrogens (tertiary/aromatic N) is 2. The maximum atomic E-state index is 12.0. The van der Waals surface area contributed by atoms with Crippen LogP contribution in [0.2, 0.25) is 0 Å². The molecule has 0 saturated carbocycles. The van der Waals surface area contributed by atoms with Gasteiger partial charge in [-0.05, 0) is 32.1 Å². The van der Waals surface area contributed by atoms with Gasteiger partial charge in [0.05, 0.1) is 0 Å². The molecule has 1 unspecified atom stereocenters. The van der Waals surface area contributed by atoms with Gasteiger partial charge in [-0.25, -0.2) is 0 Å². The Hall–Kier alpha value is -0.650. The van der Waals surface area contributed by atoms with Gasteiger partial charge in [-0.15, -0.1) is 0 Å². The van der Waals surface area contributed by atoms with E-state index in [1.807, 2.05) is 11.8 Å². The summed E-state index contributed by atoms with van der Waals surface area (Å²) < 4.78 is 5.40. The fourth-order valence-electron chi connectivity index (χ4n) is 2.98. The summed E-state index contributed by atoms with van der Waals surface area (Å²) in [4.78, 5) is 16.5. The van der Waals surface area contributed by atoms with Crippen LogP contribution in [0.4, 0.5) is 0 Å². The normalized spacial score (nSPS) is 23.8. The van der Waals surface area contributed by atoms with Gasteiger partial charge in [-0.3, -0.25) is 9.69 Å². The van der Waals surface area contributed by atoms with E-state index >= 15 is 0 Å². The predicted octanol–water partition coefficient (Wildman–Crippen LogP) is 0.685. The van der Waals surface area contributed by atoms with Gasteiger partial charge in [0, 0.05) is 58.4 Å². The topological polar surface area (TPSA) is 58.8 Å². The molecule has 2 heterocycles. The molecule has 116 valence electrons. The van der Waals surface area contributed by atoms with Gasteiger partial charge in [0.25, 0.3) is 0 Å². The zero-order valence-electron chi connectivity index (χ0n) is 12.7. The molecule has 2 aliphatic heterocycles. The summed E-state index contributed by atoms with van der Waals surface area (Å²) in [7, 11) is 0. The number of nitrogens with two attached hydrogens (primary N) is 1. The largest absolute Gasteiger partial charge is 0.381 e. The average Bonchev–Trinajstić information content (AvgIpc) is 2.46. The molecule has 2 N–H and O–H groups in total. The minimum absolute atomic E-state index is 0.119. The summed E-state index contributed by atoms with van der Waals surface area (Å²) in [5.41, 5.74) is 5.71. The van der Waals surface area contributed by atoms with Crippen molar-refractivity contribution in [1.82, 2.24) is 9.80 Å². The molecular weight excluding hydrogens is 254 g/mol. The van der Waals surface area contributed by atoms with E-state index in [9.17, 15) is 4.79 Å². The number of carbonyl (C=O) groups is 1. The molecule has 0 spiro atoms. The Morgan fingerprint density at radius 3 is 2.50 bits per heavy atom. The molecule has 0 aromatic rings. The Morgan fingerprint density at radius 1 is 1.25 bits per heavy atom. The molecule has 0 aliphatic carbocycles. The van der Waals surface area contributed by atoms with Crippen LogP contribution in [-0.2, 0) is 9.53 Å². The van der Waals surface area contributed by atoms with Gasteiger partial charge >= 0.3 is 0 Å². The summed E-state index contributed by atoms with van der Waals surface area (Å²) in [5, 5.41) is 0. The van der Waals surface area contributed by atoms with Gasteiger partial charge in [0.1, 0.15) is 0 Å². The van der Waals surface area contributed by atoms with E-state index in [4.69, 9.17) is 10.5 Å². The molecule has 2 rings (SSSR count). The Balaban J connectivity index is 1.65. The molecule has 1 amide bonds. The lowest BCUT2D eigenvalue weighted by atomic mass is 9.99. The minimum atomic E-state index is 0.119. The van der Waals surface area contributed by atoms with Crippen LogP contribution in [-0.4, -0.2) is 67.7 Å². The van der Waals surface area contributed by atoms with Crippen molar-refractivity contribution in [2.75, 3.05) is 45.9 Å². The van der Waals surface area contributed by atoms with Crippen molar-refractivity contribution in [1.29, 1.82) is 0 Å². The maximum absolute atomic E-state index is 12.0. The van der Waals surface area contributed by atoms with Gasteiger partial charge in [0.15, 0.2) is 0 Å². The summed E-state index contributed by atoms with van der Waals surface area (Å²) in [6.07, 6.45) is 3.76. The monoisotopic (exact) mass is 283 g/mol. The third-order valence-corrected chi connectivity index (χ3v) is 4.40. The number of amides is 1. The fourth-order valence-corrected chi connectivity index (χ4v) is 2.98. The lowest BCUT2D eigenvalue weighted by molar-refractivity contribution is -0.133. The second kappa shape index (κ2) is 7.96. The highest BCUT2D eigenvalue weighted by atomic mass is 16.5. The quantitative estimate of drug-likeness (QED) is 0.806. The Bertz CT molecular complexity index is 295. The van der Waals surface area contributed by atoms with E-state index < -0.39 is 0 Å². The van der Waals surface area contributed by atoms with Crippen LogP contribution < -0.4 is 5.73 Å². The van der Waals surface area contributed by atoms with Crippen molar-refractivity contribution < 1.29 is 9.53 Å². The van der Waals surface area contributed by atoms with Gasteiger partial charge in [0.2, 0.25) is 5.91 Å². The number of hydrogen-bond donors (Lipinski definition) is 1. The second-order valence-electron chi connectivity index (χ2n) is 6.25. The number of rotatable bonds is 5. The van der Waals surface area contributed by atoms with Gasteiger partial charge in [-0.2, -0.15) is 0 Å². The minimum Gasteiger partial charge on any atom is -0.381 e. The van der Waals surface area contributed by atoms with E-state index in [1.54, 1.807) is 0 Å². The zero-order chi connectivity index (χ0) is 14.4. The smallest absolute Gasteiger partial charge is 0.222 e. The second-order valence-corrected chi connectivity index (χ2v) is 6.25. The van der Waals surface area contributed by atoms with E-state index in [1.165, 1.54) is 19.4 Å². The molecule has 2 aliphatic rings. The maximum Gasteiger partial charge on any atom is 0.222 e. The molecular formula is C15H29N3O2. The van der Waals surface area contributed by atoms with Crippen LogP contribution in [0.1, 0.15) is 32.6 Å². The molecule has 5 nitrogen and oxygen atoms in total. The molecule has 0 aromatic heterocycles. The highest BCUT2D eigenvalue weighted by Crippen LogP contribution is 2.17. The third-order valence-electron chi connectivity index (χ3n) is 4.40. The fraction of sp³-hybridized carbons (Fsp3) is 0.933. The summed E-state index contributed by atoms with van der Waals surface area (Å²) in [5.74, 6) is 1.05. The molecule has 2 saturated heterocycles. The third kappa shape index (κ3) is 5.04. The van der Waals surface area contributed by atoms with Crippen molar-refractivity contribution in [2.45, 2.75) is 38.6 Å². The SMILES string of the molecule is CC(N)CCC(=O)N1CCN(CC2CCOCC2)CC1. The first kappa shape index (κ1) is 15.7. The van der Waals surface area contributed by atoms with Crippen LogP contribution >= 0.6 is 0 Å². The molecule has 1 atom stereocenters. The lowest BCUT2D eigenvalue weighted by Gasteiger charge is -2.37. The predicted molar refractivity (Wildman–Crippen MR) is 79.4 cm³/mol. The molecule has 0 aromatic carbocycles. The Labute approximate surface area is 122 Å². The van der Waals surface area contributed by atoms with Crippen LogP contribution in [0.3, 0.4) is 0 Å². The Kier molecular flexibility index (Phi) is 6.26. The molecule has 2 fully saturated rings. The first-order valence-corrected chi connectivity index (χ1v) is 7.98. The molecule has 0 radical (unpaired) electrons. The lowest BCUT2D eigenvalue weighted by Crippen LogP contribution is -2.50. The molecule has 5 heteroatoms. The number of piperazine rings is 1. The van der Waals surface area contributed by atoms with Crippen LogP contribution in [0.25, 0.3) is 0 Å². The standard InChI is InChI=1S/C15H29N3O2/c1-13(16)2-3-15(19)18-8-6-17(7-9-18)12-14-4-10-20-11-5-14/h13-14H,2-12,16H2,1H3. The number of carbonyl (C=O) groups excluding carboxylic acids is 1. The highest BCUT2D eigenvalue weighted by molar-refractivity contribution is 5.76. The number of hydrogen-bond acceptors (Lipinski definition) is 4. The summed E-state index contributed by atoms with van der Waals surface area (Å²) in [6.45, 7) is 8.75. The van der Waals surface area contributed by atoms with Crippen molar-refractivity contribution in [3.8, 4) is 0 Å². The summed E-state index contributed by atoms with van der Waals surface area (Å²) in [6, 6.07) is 0.119. The van der Waals surface area contributed by atoms with E-state index in [0.717, 1.165) is 51.7 Å². The molecule has 20 heavy (non-hydrogen) atoms. The number of ether oxygens (including phenoxy) is 1. The van der Waals surface area contributed by atoms with Crippen molar-refractivity contribution in [3.63, 3.8) is 0 Å². The van der Waals surface area contributed by atoms with Crippen molar-refractivity contribution >= 4 is 5.91 Å². The van der Waals surface area contributed by atoms with Crippen LogP contribution in [0.15, 0.2) is 0 Å². The average molecular weight is 283 g/mol. The van der Waals surface area contributed by atoms with Gasteiger partial charge < -0.3 is 15.4 Å². The highest BCUT2D eigenvalue weighted by Gasteiger charge is 2.23. The van der Waals surface area contributed by atoms with E-state index in [-0.39, 0.29) is 11.9 Å².